The third-order valence-corrected chi connectivity index (χ3v) is 5.50. The summed E-state index contributed by atoms with van der Waals surface area (Å²) in [6.07, 6.45) is 0. The van der Waals surface area contributed by atoms with E-state index < -0.39 is 5.91 Å². The van der Waals surface area contributed by atoms with Crippen molar-refractivity contribution in [2.24, 2.45) is 0 Å². The maximum Gasteiger partial charge on any atom is 0.282 e. The molecule has 2 amide bonds. The topological polar surface area (TPSA) is 67.9 Å². The molecule has 0 aromatic heterocycles. The van der Waals surface area contributed by atoms with Crippen LogP contribution in [0.1, 0.15) is 16.7 Å². The number of hydrogen-bond donors (Lipinski definition) is 1. The fraction of sp³-hybridized carbons (Fsp3) is 0.154. The van der Waals surface area contributed by atoms with Crippen LogP contribution < -0.4 is 19.7 Å². The van der Waals surface area contributed by atoms with Crippen molar-refractivity contribution in [3.63, 3.8) is 0 Å². The van der Waals surface area contributed by atoms with Crippen LogP contribution in [-0.4, -0.2) is 25.0 Å². The van der Waals surface area contributed by atoms with Gasteiger partial charge in [-0.15, -0.1) is 0 Å². The second-order valence-corrected chi connectivity index (χ2v) is 7.88. The molecule has 3 aromatic carbocycles. The molecular weight excluding hydrogens is 404 g/mol. The fourth-order valence-electron chi connectivity index (χ4n) is 3.90. The summed E-state index contributed by atoms with van der Waals surface area (Å²) in [5.41, 5.74) is 4.48. The molecular formula is C26H22N2O4. The quantitative estimate of drug-likeness (QED) is 0.624. The van der Waals surface area contributed by atoms with Gasteiger partial charge in [-0.25, -0.2) is 4.90 Å². The van der Waals surface area contributed by atoms with Crippen LogP contribution in [0.25, 0.3) is 5.57 Å². The molecule has 32 heavy (non-hydrogen) atoms. The summed E-state index contributed by atoms with van der Waals surface area (Å²) in [4.78, 5) is 28.2. The minimum atomic E-state index is -0.397. The minimum absolute atomic E-state index is 0.233. The van der Waals surface area contributed by atoms with Crippen LogP contribution in [0, 0.1) is 13.8 Å². The van der Waals surface area contributed by atoms with Gasteiger partial charge in [0.25, 0.3) is 11.8 Å². The van der Waals surface area contributed by atoms with Crippen molar-refractivity contribution in [3.8, 4) is 11.5 Å². The second kappa shape index (κ2) is 7.89. The summed E-state index contributed by atoms with van der Waals surface area (Å²) in [5.74, 6) is 0.506. The summed E-state index contributed by atoms with van der Waals surface area (Å²) < 4.78 is 11.2. The Kier molecular flexibility index (Phi) is 4.90. The smallest absolute Gasteiger partial charge is 0.282 e. The van der Waals surface area contributed by atoms with Gasteiger partial charge in [0.05, 0.1) is 11.3 Å². The molecule has 0 unspecified atom stereocenters. The van der Waals surface area contributed by atoms with Crippen LogP contribution in [-0.2, 0) is 9.59 Å². The average Bonchev–Trinajstić information content (AvgIpc) is 3.03. The number of nitrogens with zero attached hydrogens (tertiary/aromatic N) is 1. The van der Waals surface area contributed by atoms with Crippen molar-refractivity contribution in [3.05, 3.63) is 89.1 Å². The van der Waals surface area contributed by atoms with Gasteiger partial charge in [-0.2, -0.15) is 0 Å². The van der Waals surface area contributed by atoms with Crippen molar-refractivity contribution in [1.82, 2.24) is 0 Å². The number of rotatable bonds is 4. The first kappa shape index (κ1) is 19.9. The van der Waals surface area contributed by atoms with Crippen LogP contribution >= 0.6 is 0 Å². The number of benzene rings is 3. The number of ether oxygens (including phenoxy) is 2. The molecule has 3 aromatic rings. The Balaban J connectivity index is 1.59. The zero-order valence-electron chi connectivity index (χ0n) is 17.8. The molecule has 0 atom stereocenters. The summed E-state index contributed by atoms with van der Waals surface area (Å²) in [6.45, 7) is 4.87. The molecule has 0 aliphatic carbocycles. The van der Waals surface area contributed by atoms with E-state index in [1.165, 1.54) is 4.90 Å². The van der Waals surface area contributed by atoms with Crippen molar-refractivity contribution >= 4 is 28.8 Å². The first-order chi connectivity index (χ1) is 15.5. The van der Waals surface area contributed by atoms with E-state index >= 15 is 0 Å². The monoisotopic (exact) mass is 426 g/mol. The Labute approximate surface area is 186 Å². The van der Waals surface area contributed by atoms with Crippen molar-refractivity contribution in [2.45, 2.75) is 13.8 Å². The van der Waals surface area contributed by atoms with E-state index in [9.17, 15) is 9.59 Å². The van der Waals surface area contributed by atoms with Gasteiger partial charge in [0.1, 0.15) is 18.9 Å². The van der Waals surface area contributed by atoms with Gasteiger partial charge in [0, 0.05) is 11.8 Å². The fourth-order valence-corrected chi connectivity index (χ4v) is 3.90. The molecule has 0 saturated carbocycles. The van der Waals surface area contributed by atoms with E-state index in [1.54, 1.807) is 24.3 Å². The molecule has 5 rings (SSSR count). The summed E-state index contributed by atoms with van der Waals surface area (Å²) in [6, 6.07) is 20.3. The molecule has 2 aliphatic heterocycles. The van der Waals surface area contributed by atoms with E-state index in [4.69, 9.17) is 9.47 Å². The van der Waals surface area contributed by atoms with Gasteiger partial charge >= 0.3 is 0 Å². The zero-order valence-corrected chi connectivity index (χ0v) is 17.8. The van der Waals surface area contributed by atoms with Crippen LogP contribution in [0.15, 0.2) is 72.4 Å². The lowest BCUT2D eigenvalue weighted by molar-refractivity contribution is -0.120. The molecule has 2 aliphatic rings. The molecule has 6 nitrogen and oxygen atoms in total. The number of aryl methyl sites for hydroxylation is 2. The van der Waals surface area contributed by atoms with E-state index in [0.29, 0.717) is 47.2 Å². The van der Waals surface area contributed by atoms with Gasteiger partial charge < -0.3 is 14.8 Å². The maximum atomic E-state index is 13.5. The Morgan fingerprint density at radius 2 is 1.53 bits per heavy atom. The van der Waals surface area contributed by atoms with Crippen LogP contribution in [0.4, 0.5) is 11.4 Å². The summed E-state index contributed by atoms with van der Waals surface area (Å²) >= 11 is 0. The highest BCUT2D eigenvalue weighted by atomic mass is 16.6. The lowest BCUT2D eigenvalue weighted by atomic mass is 10.0. The Morgan fingerprint density at radius 1 is 0.781 bits per heavy atom. The lowest BCUT2D eigenvalue weighted by Crippen LogP contribution is -2.32. The lowest BCUT2D eigenvalue weighted by Gasteiger charge is -2.19. The molecule has 0 radical (unpaired) electrons. The number of imide groups is 1. The van der Waals surface area contributed by atoms with E-state index in [2.05, 4.69) is 5.32 Å². The number of nitrogens with one attached hydrogen (secondary N) is 1. The Bertz CT molecular complexity index is 1260. The maximum absolute atomic E-state index is 13.5. The number of hydrogen-bond acceptors (Lipinski definition) is 5. The van der Waals surface area contributed by atoms with E-state index in [-0.39, 0.29) is 11.6 Å². The van der Waals surface area contributed by atoms with Gasteiger partial charge in [0.2, 0.25) is 0 Å². The van der Waals surface area contributed by atoms with Crippen LogP contribution in [0.5, 0.6) is 11.5 Å². The van der Waals surface area contributed by atoms with Crippen molar-refractivity contribution in [2.75, 3.05) is 23.4 Å². The normalized spacial score (nSPS) is 15.4. The minimum Gasteiger partial charge on any atom is -0.486 e. The van der Waals surface area contributed by atoms with Gasteiger partial charge in [0.15, 0.2) is 11.5 Å². The second-order valence-electron chi connectivity index (χ2n) is 7.88. The van der Waals surface area contributed by atoms with Gasteiger partial charge in [-0.05, 0) is 49.2 Å². The average molecular weight is 426 g/mol. The molecule has 0 saturated heterocycles. The predicted octanol–water partition coefficient (Wildman–Crippen LogP) is 4.47. The highest BCUT2D eigenvalue weighted by Gasteiger charge is 2.40. The number of carbonyl (C=O) groups is 2. The number of amides is 2. The first-order valence-corrected chi connectivity index (χ1v) is 10.4. The molecule has 0 bridgehead atoms. The standard InChI is InChI=1S/C26H22N2O4/c1-16-6-8-18(9-7-16)23-24(27-19-10-11-21-22(15-19)32-13-12-31-21)26(30)28(25(23)29)20-5-3-4-17(2)14-20/h3-11,14-15,27H,12-13H2,1-2H3. The van der Waals surface area contributed by atoms with Crippen LogP contribution in [0.2, 0.25) is 0 Å². The zero-order chi connectivity index (χ0) is 22.2. The molecule has 0 spiro atoms. The first-order valence-electron chi connectivity index (χ1n) is 10.4. The summed E-state index contributed by atoms with van der Waals surface area (Å²) in [7, 11) is 0. The van der Waals surface area contributed by atoms with E-state index in [0.717, 1.165) is 11.1 Å². The predicted molar refractivity (Wildman–Crippen MR) is 123 cm³/mol. The summed E-state index contributed by atoms with van der Waals surface area (Å²) in [5, 5.41) is 3.18. The number of fused-ring (bicyclic) bond motifs is 1. The SMILES string of the molecule is Cc1ccc(C2=C(Nc3ccc4c(c3)OCCO4)C(=O)N(c3cccc(C)c3)C2=O)cc1. The molecule has 6 heteroatoms. The largest absolute Gasteiger partial charge is 0.486 e. The van der Waals surface area contributed by atoms with Crippen molar-refractivity contribution in [1.29, 1.82) is 0 Å². The molecule has 2 heterocycles. The molecule has 1 N–H and O–H groups in total. The molecule has 0 fully saturated rings. The van der Waals surface area contributed by atoms with Gasteiger partial charge in [-0.1, -0.05) is 42.0 Å². The van der Waals surface area contributed by atoms with E-state index in [1.807, 2.05) is 56.3 Å². The third kappa shape index (κ3) is 3.50. The highest BCUT2D eigenvalue weighted by molar-refractivity contribution is 6.46. The van der Waals surface area contributed by atoms with Gasteiger partial charge in [-0.3, -0.25) is 9.59 Å². The van der Waals surface area contributed by atoms with Crippen LogP contribution in [0.3, 0.4) is 0 Å². The highest BCUT2D eigenvalue weighted by Crippen LogP contribution is 2.37. The number of carbonyl (C=O) groups excluding carboxylic acids is 2. The Hall–Kier alpha value is -4.06. The molecule has 160 valence electrons. The third-order valence-electron chi connectivity index (χ3n) is 5.50. The number of anilines is 2. The van der Waals surface area contributed by atoms with Crippen molar-refractivity contribution < 1.29 is 19.1 Å². The Morgan fingerprint density at radius 3 is 2.28 bits per heavy atom.